The maximum Gasteiger partial charge on any atom is 0.586 e. The van der Waals surface area contributed by atoms with Crippen LogP contribution in [-0.4, -0.2) is 18.9 Å². The molecule has 0 aromatic heterocycles. The fraction of sp³-hybridized carbons (Fsp3) is 0.500. The summed E-state index contributed by atoms with van der Waals surface area (Å²) in [5, 5.41) is 3.15. The molecule has 0 spiro atoms. The van der Waals surface area contributed by atoms with Gasteiger partial charge in [0.1, 0.15) is 0 Å². The molecule has 17 heavy (non-hydrogen) atoms. The second-order valence-electron chi connectivity index (χ2n) is 4.76. The molecule has 0 saturated carbocycles. The number of benzene rings is 1. The van der Waals surface area contributed by atoms with Crippen molar-refractivity contribution in [3.63, 3.8) is 0 Å². The maximum atomic E-state index is 12.8. The highest BCUT2D eigenvalue weighted by Crippen LogP contribution is 2.41. The molecule has 1 aliphatic heterocycles. The van der Waals surface area contributed by atoms with Gasteiger partial charge in [0.2, 0.25) is 0 Å². The first kappa shape index (κ1) is 12.1. The molecule has 0 bridgehead atoms. The van der Waals surface area contributed by atoms with E-state index in [0.717, 1.165) is 5.56 Å². The number of fused-ring (bicyclic) bond motifs is 1. The van der Waals surface area contributed by atoms with Crippen LogP contribution < -0.4 is 14.8 Å². The van der Waals surface area contributed by atoms with E-state index in [9.17, 15) is 8.78 Å². The Morgan fingerprint density at radius 2 is 1.88 bits per heavy atom. The minimum Gasteiger partial charge on any atom is -0.395 e. The highest BCUT2D eigenvalue weighted by molar-refractivity contribution is 5.45. The Morgan fingerprint density at radius 3 is 2.53 bits per heavy atom. The molecule has 1 heterocycles. The third-order valence-electron chi connectivity index (χ3n) is 2.79. The van der Waals surface area contributed by atoms with Gasteiger partial charge in [0.25, 0.3) is 0 Å². The first-order valence-electron chi connectivity index (χ1n) is 5.39. The predicted molar refractivity (Wildman–Crippen MR) is 59.5 cm³/mol. The fourth-order valence-electron chi connectivity index (χ4n) is 1.70. The number of halogens is 2. The zero-order valence-corrected chi connectivity index (χ0v) is 10.0. The molecular weight excluding hydrogens is 228 g/mol. The van der Waals surface area contributed by atoms with Gasteiger partial charge in [-0.1, -0.05) is 6.07 Å². The lowest BCUT2D eigenvalue weighted by molar-refractivity contribution is -0.286. The molecule has 0 fully saturated rings. The Hall–Kier alpha value is -1.36. The molecule has 1 aliphatic rings. The van der Waals surface area contributed by atoms with Gasteiger partial charge in [0.15, 0.2) is 11.5 Å². The van der Waals surface area contributed by atoms with Crippen LogP contribution in [0.15, 0.2) is 18.2 Å². The Kier molecular flexibility index (Phi) is 2.73. The number of rotatable bonds is 3. The topological polar surface area (TPSA) is 30.5 Å². The Labute approximate surface area is 98.7 Å². The van der Waals surface area contributed by atoms with E-state index in [4.69, 9.17) is 0 Å². The van der Waals surface area contributed by atoms with Crippen molar-refractivity contribution in [3.05, 3.63) is 23.8 Å². The van der Waals surface area contributed by atoms with E-state index >= 15 is 0 Å². The number of nitrogens with one attached hydrogen (secondary N) is 1. The van der Waals surface area contributed by atoms with Crippen molar-refractivity contribution in [3.8, 4) is 11.5 Å². The molecule has 0 radical (unpaired) electrons. The van der Waals surface area contributed by atoms with E-state index in [0.29, 0.717) is 6.42 Å². The van der Waals surface area contributed by atoms with E-state index in [1.807, 2.05) is 20.9 Å². The largest absolute Gasteiger partial charge is 0.586 e. The second kappa shape index (κ2) is 3.84. The van der Waals surface area contributed by atoms with Crippen LogP contribution in [0.2, 0.25) is 0 Å². The smallest absolute Gasteiger partial charge is 0.395 e. The fourth-order valence-corrected chi connectivity index (χ4v) is 1.70. The molecule has 1 N–H and O–H groups in total. The molecule has 0 unspecified atom stereocenters. The average Bonchev–Trinajstić information content (AvgIpc) is 2.50. The molecular formula is C12H15F2NO2. The highest BCUT2D eigenvalue weighted by atomic mass is 19.3. The van der Waals surface area contributed by atoms with Gasteiger partial charge in [-0.25, -0.2) is 0 Å². The third kappa shape index (κ3) is 2.66. The Morgan fingerprint density at radius 1 is 1.24 bits per heavy atom. The summed E-state index contributed by atoms with van der Waals surface area (Å²) in [6.07, 6.45) is -2.83. The van der Waals surface area contributed by atoms with Crippen molar-refractivity contribution in [2.24, 2.45) is 0 Å². The minimum atomic E-state index is -3.54. The van der Waals surface area contributed by atoms with Crippen LogP contribution in [0.1, 0.15) is 19.4 Å². The van der Waals surface area contributed by atoms with Crippen molar-refractivity contribution in [2.45, 2.75) is 32.1 Å². The monoisotopic (exact) mass is 243 g/mol. The van der Waals surface area contributed by atoms with E-state index in [1.165, 1.54) is 6.07 Å². The summed E-state index contributed by atoms with van der Waals surface area (Å²) in [6, 6.07) is 4.87. The molecule has 0 saturated heterocycles. The lowest BCUT2D eigenvalue weighted by Crippen LogP contribution is -2.38. The summed E-state index contributed by atoms with van der Waals surface area (Å²) < 4.78 is 34.4. The van der Waals surface area contributed by atoms with Gasteiger partial charge in [-0.3, -0.25) is 0 Å². The number of ether oxygens (including phenoxy) is 2. The highest BCUT2D eigenvalue weighted by Gasteiger charge is 2.43. The van der Waals surface area contributed by atoms with Crippen LogP contribution >= 0.6 is 0 Å². The molecule has 1 aromatic rings. The lowest BCUT2D eigenvalue weighted by atomic mass is 9.95. The van der Waals surface area contributed by atoms with Crippen LogP contribution in [0.3, 0.4) is 0 Å². The Bertz CT molecular complexity index is 433. The summed E-state index contributed by atoms with van der Waals surface area (Å²) in [5.41, 5.74) is 0.820. The number of hydrogen-bond donors (Lipinski definition) is 1. The van der Waals surface area contributed by atoms with Crippen LogP contribution in [0.5, 0.6) is 11.5 Å². The molecule has 5 heteroatoms. The Balaban J connectivity index is 2.20. The van der Waals surface area contributed by atoms with Crippen molar-refractivity contribution >= 4 is 0 Å². The van der Waals surface area contributed by atoms with Gasteiger partial charge < -0.3 is 14.8 Å². The molecule has 1 aromatic carbocycles. The van der Waals surface area contributed by atoms with Gasteiger partial charge in [0, 0.05) is 5.54 Å². The summed E-state index contributed by atoms with van der Waals surface area (Å²) in [5.74, 6) is 0.181. The first-order chi connectivity index (χ1) is 7.81. The van der Waals surface area contributed by atoms with Gasteiger partial charge in [-0.2, -0.15) is 0 Å². The number of hydrogen-bond acceptors (Lipinski definition) is 3. The molecule has 94 valence electrons. The molecule has 0 aliphatic carbocycles. The van der Waals surface area contributed by atoms with Crippen molar-refractivity contribution in [1.82, 2.24) is 5.32 Å². The van der Waals surface area contributed by atoms with E-state index in [-0.39, 0.29) is 17.0 Å². The van der Waals surface area contributed by atoms with Crippen molar-refractivity contribution < 1.29 is 18.3 Å². The third-order valence-corrected chi connectivity index (χ3v) is 2.79. The SMILES string of the molecule is CNC(C)(C)Cc1ccc2c(c1)OC(F)(F)O2. The summed E-state index contributed by atoms with van der Waals surface area (Å²) >= 11 is 0. The predicted octanol–water partition coefficient (Wildman–Crippen LogP) is 2.55. The minimum absolute atomic E-state index is 0.0843. The molecule has 3 nitrogen and oxygen atoms in total. The summed E-state index contributed by atoms with van der Waals surface area (Å²) in [7, 11) is 1.86. The van der Waals surface area contributed by atoms with E-state index in [2.05, 4.69) is 14.8 Å². The maximum absolute atomic E-state index is 12.8. The van der Waals surface area contributed by atoms with Crippen LogP contribution in [0.4, 0.5) is 8.78 Å². The van der Waals surface area contributed by atoms with E-state index in [1.54, 1.807) is 12.1 Å². The van der Waals surface area contributed by atoms with Crippen molar-refractivity contribution in [1.29, 1.82) is 0 Å². The van der Waals surface area contributed by atoms with Crippen LogP contribution in [0, 0.1) is 0 Å². The van der Waals surface area contributed by atoms with Gasteiger partial charge in [-0.15, -0.1) is 8.78 Å². The molecule has 0 amide bonds. The molecule has 0 atom stereocenters. The normalized spacial score (nSPS) is 17.2. The summed E-state index contributed by atoms with van der Waals surface area (Å²) in [4.78, 5) is 0. The zero-order valence-electron chi connectivity index (χ0n) is 10.0. The number of alkyl halides is 2. The number of likely N-dealkylation sites (N-methyl/N-ethyl adjacent to an activating group) is 1. The van der Waals surface area contributed by atoms with Crippen LogP contribution in [-0.2, 0) is 6.42 Å². The van der Waals surface area contributed by atoms with Crippen molar-refractivity contribution in [2.75, 3.05) is 7.05 Å². The standard InChI is InChI=1S/C12H15F2NO2/c1-11(2,15-3)7-8-4-5-9-10(6-8)17-12(13,14)16-9/h4-6,15H,7H2,1-3H3. The summed E-state index contributed by atoms with van der Waals surface area (Å²) in [6.45, 7) is 4.07. The first-order valence-corrected chi connectivity index (χ1v) is 5.39. The van der Waals surface area contributed by atoms with Gasteiger partial charge >= 0.3 is 6.29 Å². The van der Waals surface area contributed by atoms with Gasteiger partial charge in [0.05, 0.1) is 0 Å². The van der Waals surface area contributed by atoms with Gasteiger partial charge in [-0.05, 0) is 45.0 Å². The lowest BCUT2D eigenvalue weighted by Gasteiger charge is -2.24. The molecule has 2 rings (SSSR count). The van der Waals surface area contributed by atoms with E-state index < -0.39 is 6.29 Å². The van der Waals surface area contributed by atoms with Crippen LogP contribution in [0.25, 0.3) is 0 Å². The average molecular weight is 243 g/mol. The quantitative estimate of drug-likeness (QED) is 0.885. The zero-order chi connectivity index (χ0) is 12.7. The second-order valence-corrected chi connectivity index (χ2v) is 4.76.